The van der Waals surface area contributed by atoms with E-state index in [1.165, 1.54) is 19.3 Å². The number of alkyl halides is 2. The van der Waals surface area contributed by atoms with Crippen molar-refractivity contribution in [1.82, 2.24) is 0 Å². The summed E-state index contributed by atoms with van der Waals surface area (Å²) in [5.41, 5.74) is 0. The Morgan fingerprint density at radius 3 is 2.33 bits per heavy atom. The Hall–Kier alpha value is 0.770. The summed E-state index contributed by atoms with van der Waals surface area (Å²) in [7, 11) is 0. The number of hydrogen-bond acceptors (Lipinski definition) is 0. The quantitative estimate of drug-likeness (QED) is 0.538. The first-order valence-electron chi connectivity index (χ1n) is 3.57. The molecule has 4 atom stereocenters. The van der Waals surface area contributed by atoms with Crippen LogP contribution in [0.25, 0.3) is 0 Å². The topological polar surface area (TPSA) is 0 Å². The van der Waals surface area contributed by atoms with E-state index in [4.69, 9.17) is 11.6 Å². The molecule has 0 amide bonds. The van der Waals surface area contributed by atoms with Crippen molar-refractivity contribution in [1.29, 1.82) is 0 Å². The fraction of sp³-hybridized carbons (Fsp3) is 1.00. The minimum Gasteiger partial charge on any atom is -0.122 e. The molecule has 0 aromatic rings. The minimum absolute atomic E-state index is 0.495. The molecule has 0 N–H and O–H groups in total. The lowest BCUT2D eigenvalue weighted by Gasteiger charge is -2.13. The van der Waals surface area contributed by atoms with Gasteiger partial charge >= 0.3 is 0 Å². The van der Waals surface area contributed by atoms with Crippen molar-refractivity contribution in [3.8, 4) is 0 Å². The fourth-order valence-electron chi connectivity index (χ4n) is 2.17. The van der Waals surface area contributed by atoms with E-state index in [1.807, 2.05) is 0 Å². The Balaban J connectivity index is 2.16. The van der Waals surface area contributed by atoms with Gasteiger partial charge in [0, 0.05) is 10.2 Å². The molecular formula is C7H10BrCl. The zero-order valence-electron chi connectivity index (χ0n) is 5.19. The first-order chi connectivity index (χ1) is 4.29. The molecule has 0 heterocycles. The van der Waals surface area contributed by atoms with Crippen LogP contribution in [-0.2, 0) is 0 Å². The smallest absolute Gasteiger partial charge is 0.0403 e. The van der Waals surface area contributed by atoms with Gasteiger partial charge in [0.05, 0.1) is 0 Å². The van der Waals surface area contributed by atoms with E-state index >= 15 is 0 Å². The van der Waals surface area contributed by atoms with Crippen LogP contribution < -0.4 is 0 Å². The summed E-state index contributed by atoms with van der Waals surface area (Å²) in [6, 6.07) is 0. The summed E-state index contributed by atoms with van der Waals surface area (Å²) in [4.78, 5) is 0.735. The standard InChI is InChI=1S/C7H10BrCl/c8-6-3-4-1-2-5(6)7(4)9/h4-7H,1-3H2/t4-,5+,6-,7?/m1/s1. The van der Waals surface area contributed by atoms with Crippen molar-refractivity contribution in [2.75, 3.05) is 0 Å². The Morgan fingerprint density at radius 1 is 1.33 bits per heavy atom. The van der Waals surface area contributed by atoms with Gasteiger partial charge in [0.15, 0.2) is 0 Å². The molecular weight excluding hydrogens is 199 g/mol. The van der Waals surface area contributed by atoms with Crippen LogP contribution >= 0.6 is 27.5 Å². The van der Waals surface area contributed by atoms with Crippen molar-refractivity contribution in [3.63, 3.8) is 0 Å². The molecule has 0 nitrogen and oxygen atoms in total. The molecule has 0 aromatic heterocycles. The number of hydrogen-bond donors (Lipinski definition) is 0. The average Bonchev–Trinajstić information content (AvgIpc) is 2.25. The van der Waals surface area contributed by atoms with Crippen molar-refractivity contribution in [3.05, 3.63) is 0 Å². The molecule has 9 heavy (non-hydrogen) atoms. The van der Waals surface area contributed by atoms with Crippen molar-refractivity contribution in [2.24, 2.45) is 11.8 Å². The van der Waals surface area contributed by atoms with E-state index in [-0.39, 0.29) is 0 Å². The van der Waals surface area contributed by atoms with Crippen LogP contribution in [-0.4, -0.2) is 10.2 Å². The van der Waals surface area contributed by atoms with E-state index in [2.05, 4.69) is 15.9 Å². The summed E-state index contributed by atoms with van der Waals surface area (Å²) in [5.74, 6) is 1.62. The lowest BCUT2D eigenvalue weighted by atomic mass is 10.0. The van der Waals surface area contributed by atoms with E-state index in [1.54, 1.807) is 0 Å². The zero-order valence-corrected chi connectivity index (χ0v) is 7.53. The third kappa shape index (κ3) is 0.848. The second-order valence-corrected chi connectivity index (χ2v) is 4.88. The highest BCUT2D eigenvalue weighted by Crippen LogP contribution is 2.50. The van der Waals surface area contributed by atoms with Gasteiger partial charge in [-0.05, 0) is 31.1 Å². The second kappa shape index (κ2) is 2.13. The molecule has 0 radical (unpaired) electrons. The highest BCUT2D eigenvalue weighted by Gasteiger charge is 2.45. The Morgan fingerprint density at radius 2 is 2.11 bits per heavy atom. The van der Waals surface area contributed by atoms with Gasteiger partial charge < -0.3 is 0 Å². The van der Waals surface area contributed by atoms with Gasteiger partial charge in [-0.15, -0.1) is 11.6 Å². The van der Waals surface area contributed by atoms with Crippen LogP contribution in [0.5, 0.6) is 0 Å². The van der Waals surface area contributed by atoms with E-state index in [0.717, 1.165) is 16.7 Å². The van der Waals surface area contributed by atoms with Crippen molar-refractivity contribution in [2.45, 2.75) is 29.5 Å². The summed E-state index contributed by atoms with van der Waals surface area (Å²) < 4.78 is 0. The normalized spacial score (nSPS) is 56.7. The molecule has 2 saturated carbocycles. The predicted octanol–water partition coefficient (Wildman–Crippen LogP) is 2.79. The van der Waals surface area contributed by atoms with Crippen LogP contribution in [0.15, 0.2) is 0 Å². The van der Waals surface area contributed by atoms with Gasteiger partial charge in [0.25, 0.3) is 0 Å². The average molecular weight is 210 g/mol. The lowest BCUT2D eigenvalue weighted by molar-refractivity contribution is 0.497. The molecule has 0 aliphatic heterocycles. The SMILES string of the molecule is ClC1[C@@H]2CC[C@H]1[C@H](Br)C2. The first kappa shape index (κ1) is 6.48. The fourth-order valence-corrected chi connectivity index (χ4v) is 3.95. The lowest BCUT2D eigenvalue weighted by Crippen LogP contribution is -2.10. The van der Waals surface area contributed by atoms with E-state index < -0.39 is 0 Å². The van der Waals surface area contributed by atoms with E-state index in [9.17, 15) is 0 Å². The summed E-state index contributed by atoms with van der Waals surface area (Å²) in [6.07, 6.45) is 4.05. The molecule has 2 heteroatoms. The maximum Gasteiger partial charge on any atom is 0.0403 e. The summed E-state index contributed by atoms with van der Waals surface area (Å²) in [5, 5.41) is 0.495. The second-order valence-electron chi connectivity index (χ2n) is 3.20. The molecule has 2 aliphatic carbocycles. The first-order valence-corrected chi connectivity index (χ1v) is 4.92. The third-order valence-corrected chi connectivity index (χ3v) is 4.46. The van der Waals surface area contributed by atoms with Gasteiger partial charge in [0.1, 0.15) is 0 Å². The maximum absolute atomic E-state index is 6.14. The van der Waals surface area contributed by atoms with Gasteiger partial charge in [-0.25, -0.2) is 0 Å². The maximum atomic E-state index is 6.14. The zero-order chi connectivity index (χ0) is 6.43. The predicted molar refractivity (Wildman–Crippen MR) is 43.2 cm³/mol. The summed E-state index contributed by atoms with van der Waals surface area (Å²) in [6.45, 7) is 0. The Bertz CT molecular complexity index is 126. The molecule has 1 unspecified atom stereocenters. The monoisotopic (exact) mass is 208 g/mol. The molecule has 2 aliphatic rings. The molecule has 0 spiro atoms. The molecule has 0 saturated heterocycles. The Kier molecular flexibility index (Phi) is 1.53. The Labute approximate surface area is 69.1 Å². The van der Waals surface area contributed by atoms with Gasteiger partial charge in [0.2, 0.25) is 0 Å². The number of rotatable bonds is 0. The van der Waals surface area contributed by atoms with Crippen LogP contribution in [0, 0.1) is 11.8 Å². The molecule has 2 rings (SSSR count). The van der Waals surface area contributed by atoms with Gasteiger partial charge in [-0.3, -0.25) is 0 Å². The van der Waals surface area contributed by atoms with Gasteiger partial charge in [-0.1, -0.05) is 15.9 Å². The van der Waals surface area contributed by atoms with Crippen molar-refractivity contribution < 1.29 is 0 Å². The highest BCUT2D eigenvalue weighted by molar-refractivity contribution is 9.09. The third-order valence-electron chi connectivity index (χ3n) is 2.72. The number of halogens is 2. The van der Waals surface area contributed by atoms with Crippen LogP contribution in [0.2, 0.25) is 0 Å². The van der Waals surface area contributed by atoms with Crippen molar-refractivity contribution >= 4 is 27.5 Å². The minimum atomic E-state index is 0.495. The van der Waals surface area contributed by atoms with Crippen LogP contribution in [0.4, 0.5) is 0 Å². The summed E-state index contributed by atoms with van der Waals surface area (Å²) >= 11 is 9.79. The van der Waals surface area contributed by atoms with Crippen LogP contribution in [0.3, 0.4) is 0 Å². The highest BCUT2D eigenvalue weighted by atomic mass is 79.9. The molecule has 0 aromatic carbocycles. The molecule has 2 fully saturated rings. The largest absolute Gasteiger partial charge is 0.122 e. The van der Waals surface area contributed by atoms with E-state index in [0.29, 0.717) is 5.38 Å². The molecule has 2 bridgehead atoms. The number of fused-ring (bicyclic) bond motifs is 2. The van der Waals surface area contributed by atoms with Crippen LogP contribution in [0.1, 0.15) is 19.3 Å². The van der Waals surface area contributed by atoms with Gasteiger partial charge in [-0.2, -0.15) is 0 Å². The molecule has 52 valence electrons.